The Balaban J connectivity index is 1.68. The van der Waals surface area contributed by atoms with E-state index in [0.29, 0.717) is 17.2 Å². The zero-order valence-corrected chi connectivity index (χ0v) is 13.6. The van der Waals surface area contributed by atoms with E-state index in [2.05, 4.69) is 10.6 Å². The molecule has 0 saturated carbocycles. The number of nitrogens with zero attached hydrogens (tertiary/aromatic N) is 1. The predicted molar refractivity (Wildman–Crippen MR) is 86.4 cm³/mol. The number of hydrogen-bond donors (Lipinski definition) is 3. The van der Waals surface area contributed by atoms with Crippen LogP contribution in [0.25, 0.3) is 0 Å². The monoisotopic (exact) mass is 354 g/mol. The molecule has 2 saturated heterocycles. The second-order valence-corrected chi connectivity index (χ2v) is 7.30. The van der Waals surface area contributed by atoms with Crippen LogP contribution in [0.3, 0.4) is 0 Å². The van der Waals surface area contributed by atoms with Gasteiger partial charge in [-0.25, -0.2) is 4.79 Å². The fourth-order valence-electron chi connectivity index (χ4n) is 2.56. The van der Waals surface area contributed by atoms with Crippen molar-refractivity contribution in [3.05, 3.63) is 17.0 Å². The summed E-state index contributed by atoms with van der Waals surface area (Å²) in [7, 11) is 0. The van der Waals surface area contributed by atoms with Gasteiger partial charge in [0, 0.05) is 5.75 Å². The lowest BCUT2D eigenvalue weighted by Crippen LogP contribution is -2.47. The van der Waals surface area contributed by atoms with Crippen LogP contribution >= 0.6 is 23.1 Å². The molecule has 0 aromatic carbocycles. The van der Waals surface area contributed by atoms with E-state index < -0.39 is 29.9 Å². The third kappa shape index (κ3) is 2.79. The van der Waals surface area contributed by atoms with Gasteiger partial charge in [-0.2, -0.15) is 11.8 Å². The number of nitrogens with one attached hydrogen (secondary N) is 2. The van der Waals surface area contributed by atoms with Crippen LogP contribution in [0.5, 0.6) is 0 Å². The molecule has 2 aliphatic heterocycles. The first-order valence-electron chi connectivity index (χ1n) is 6.82. The van der Waals surface area contributed by atoms with Crippen molar-refractivity contribution in [2.75, 3.05) is 23.4 Å². The molecular weight excluding hydrogens is 340 g/mol. The van der Waals surface area contributed by atoms with Crippen LogP contribution in [0.4, 0.5) is 9.80 Å². The first-order chi connectivity index (χ1) is 10.9. The lowest BCUT2D eigenvalue weighted by Gasteiger charge is -2.19. The number of thiophene rings is 1. The molecule has 5 amide bonds. The molecule has 10 heteroatoms. The van der Waals surface area contributed by atoms with Crippen LogP contribution in [0.2, 0.25) is 0 Å². The topological polar surface area (TPSA) is 122 Å². The third-order valence-electron chi connectivity index (χ3n) is 3.75. The molecule has 2 fully saturated rings. The molecule has 8 nitrogen and oxygen atoms in total. The summed E-state index contributed by atoms with van der Waals surface area (Å²) < 4.78 is 0. The third-order valence-corrected chi connectivity index (χ3v) is 5.77. The Hall–Kier alpha value is -2.07. The minimum absolute atomic E-state index is 0.198. The number of primary amides is 1. The zero-order valence-electron chi connectivity index (χ0n) is 12.0. The summed E-state index contributed by atoms with van der Waals surface area (Å²) in [4.78, 5) is 48.7. The van der Waals surface area contributed by atoms with Gasteiger partial charge in [-0.15, -0.1) is 11.3 Å². The zero-order chi connectivity index (χ0) is 16.6. The lowest BCUT2D eigenvalue weighted by atomic mass is 9.99. The van der Waals surface area contributed by atoms with Crippen molar-refractivity contribution < 1.29 is 19.2 Å². The van der Waals surface area contributed by atoms with Crippen LogP contribution in [0.1, 0.15) is 16.8 Å². The van der Waals surface area contributed by atoms with Gasteiger partial charge in [0.2, 0.25) is 5.91 Å². The fraction of sp³-hybridized carbons (Fsp3) is 0.385. The van der Waals surface area contributed by atoms with Gasteiger partial charge in [0.15, 0.2) is 0 Å². The van der Waals surface area contributed by atoms with Gasteiger partial charge >= 0.3 is 6.03 Å². The number of anilines is 1. The van der Waals surface area contributed by atoms with E-state index in [0.717, 1.165) is 22.0 Å². The molecule has 3 heterocycles. The highest BCUT2D eigenvalue weighted by Crippen LogP contribution is 2.33. The summed E-state index contributed by atoms with van der Waals surface area (Å²) in [5.41, 5.74) is 4.53. The van der Waals surface area contributed by atoms with Crippen LogP contribution < -0.4 is 16.4 Å². The molecule has 0 bridgehead atoms. The van der Waals surface area contributed by atoms with Gasteiger partial charge in [0.05, 0.1) is 5.56 Å². The van der Waals surface area contributed by atoms with Gasteiger partial charge in [0.1, 0.15) is 17.1 Å². The maximum absolute atomic E-state index is 12.4. The van der Waals surface area contributed by atoms with Crippen molar-refractivity contribution in [2.24, 2.45) is 5.73 Å². The van der Waals surface area contributed by atoms with Crippen LogP contribution in [-0.4, -0.2) is 52.2 Å². The molecule has 0 aliphatic carbocycles. The van der Waals surface area contributed by atoms with Gasteiger partial charge in [0.25, 0.3) is 11.8 Å². The molecule has 1 atom stereocenters. The summed E-state index contributed by atoms with van der Waals surface area (Å²) in [5.74, 6) is -0.265. The Morgan fingerprint density at radius 3 is 2.87 bits per heavy atom. The summed E-state index contributed by atoms with van der Waals surface area (Å²) in [6.45, 7) is -0.396. The average Bonchev–Trinajstić information content (AvgIpc) is 3.17. The van der Waals surface area contributed by atoms with E-state index >= 15 is 0 Å². The average molecular weight is 354 g/mol. The maximum Gasteiger partial charge on any atom is 0.325 e. The maximum atomic E-state index is 12.4. The molecule has 23 heavy (non-hydrogen) atoms. The van der Waals surface area contributed by atoms with Crippen LogP contribution in [-0.2, 0) is 9.59 Å². The van der Waals surface area contributed by atoms with Crippen LogP contribution in [0, 0.1) is 0 Å². The number of thioether (sulfide) groups is 1. The number of carbonyl (C=O) groups excluding carboxylic acids is 4. The number of amides is 5. The van der Waals surface area contributed by atoms with E-state index in [9.17, 15) is 19.2 Å². The minimum atomic E-state index is -0.872. The van der Waals surface area contributed by atoms with E-state index in [-0.39, 0.29) is 11.5 Å². The van der Waals surface area contributed by atoms with Crippen molar-refractivity contribution in [1.29, 1.82) is 0 Å². The van der Waals surface area contributed by atoms with E-state index in [1.165, 1.54) is 6.07 Å². The van der Waals surface area contributed by atoms with Crippen molar-refractivity contribution in [3.8, 4) is 0 Å². The predicted octanol–water partition coefficient (Wildman–Crippen LogP) is 0.213. The molecule has 0 unspecified atom stereocenters. The number of urea groups is 1. The van der Waals surface area contributed by atoms with E-state index in [4.69, 9.17) is 5.73 Å². The summed E-state index contributed by atoms with van der Waals surface area (Å²) in [6.07, 6.45) is 0.567. The normalized spacial score (nSPS) is 23.4. The molecule has 1 aromatic rings. The molecule has 4 N–H and O–H groups in total. The first kappa shape index (κ1) is 15.8. The largest absolute Gasteiger partial charge is 0.366 e. The fourth-order valence-corrected chi connectivity index (χ4v) is 4.70. The SMILES string of the molecule is NC(=O)c1ccsc1NC(=O)CN1C(=O)N[C@@]2(CCSC2)C1=O. The minimum Gasteiger partial charge on any atom is -0.366 e. The number of hydrogen-bond acceptors (Lipinski definition) is 6. The highest BCUT2D eigenvalue weighted by molar-refractivity contribution is 7.99. The second kappa shape index (κ2) is 5.85. The number of carbonyl (C=O) groups is 4. The molecule has 1 aromatic heterocycles. The van der Waals surface area contributed by atoms with Gasteiger partial charge in [-0.3, -0.25) is 19.3 Å². The Morgan fingerprint density at radius 2 is 2.22 bits per heavy atom. The standard InChI is InChI=1S/C13H14N4O4S2/c14-9(19)7-1-3-23-10(7)15-8(18)5-17-11(20)13(16-12(17)21)2-4-22-6-13/h1,3H,2,4-6H2,(H2,14,19)(H,15,18)(H,16,21)/t13-/m1/s1. The highest BCUT2D eigenvalue weighted by atomic mass is 32.2. The highest BCUT2D eigenvalue weighted by Gasteiger charge is 2.53. The summed E-state index contributed by atoms with van der Waals surface area (Å²) >= 11 is 2.74. The lowest BCUT2D eigenvalue weighted by molar-refractivity contribution is -0.133. The number of nitrogens with two attached hydrogens (primary N) is 1. The smallest absolute Gasteiger partial charge is 0.325 e. The Kier molecular flexibility index (Phi) is 4.02. The Morgan fingerprint density at radius 1 is 1.43 bits per heavy atom. The molecule has 3 rings (SSSR count). The van der Waals surface area contributed by atoms with E-state index in [1.807, 2.05) is 0 Å². The summed E-state index contributed by atoms with van der Waals surface area (Å²) in [6, 6.07) is 0.940. The van der Waals surface area contributed by atoms with Crippen molar-refractivity contribution >= 4 is 51.9 Å². The quantitative estimate of drug-likeness (QED) is 0.668. The first-order valence-corrected chi connectivity index (χ1v) is 8.85. The van der Waals surface area contributed by atoms with Crippen molar-refractivity contribution in [3.63, 3.8) is 0 Å². The molecular formula is C13H14N4O4S2. The number of imide groups is 1. The summed E-state index contributed by atoms with van der Waals surface area (Å²) in [5, 5.41) is 7.13. The number of rotatable bonds is 4. The molecule has 122 valence electrons. The van der Waals surface area contributed by atoms with Crippen LogP contribution in [0.15, 0.2) is 11.4 Å². The van der Waals surface area contributed by atoms with Gasteiger partial charge in [-0.1, -0.05) is 0 Å². The second-order valence-electron chi connectivity index (χ2n) is 5.28. The van der Waals surface area contributed by atoms with Crippen molar-refractivity contribution in [2.45, 2.75) is 12.0 Å². The molecule has 1 spiro atoms. The van der Waals surface area contributed by atoms with Gasteiger partial charge in [-0.05, 0) is 23.6 Å². The van der Waals surface area contributed by atoms with Gasteiger partial charge < -0.3 is 16.4 Å². The molecule has 0 radical (unpaired) electrons. The van der Waals surface area contributed by atoms with Crippen molar-refractivity contribution in [1.82, 2.24) is 10.2 Å². The van der Waals surface area contributed by atoms with E-state index in [1.54, 1.807) is 17.1 Å². The Labute approximate surface area is 139 Å². The Bertz CT molecular complexity index is 696. The molecule has 2 aliphatic rings.